The van der Waals surface area contributed by atoms with Gasteiger partial charge in [0.2, 0.25) is 0 Å². The number of carbonyl (C=O) groups is 1. The van der Waals surface area contributed by atoms with Crippen molar-refractivity contribution in [2.45, 2.75) is 13.1 Å². The van der Waals surface area contributed by atoms with Crippen LogP contribution in [-0.4, -0.2) is 13.0 Å². The van der Waals surface area contributed by atoms with E-state index in [2.05, 4.69) is 32.6 Å². The molecule has 2 aromatic rings. The van der Waals surface area contributed by atoms with Gasteiger partial charge < -0.3 is 10.6 Å². The summed E-state index contributed by atoms with van der Waals surface area (Å²) >= 11 is 3.53. The Morgan fingerprint density at radius 1 is 1.05 bits per heavy atom. The van der Waals surface area contributed by atoms with Crippen molar-refractivity contribution >= 4 is 21.8 Å². The summed E-state index contributed by atoms with van der Waals surface area (Å²) in [7, 11) is 1.63. The van der Waals surface area contributed by atoms with Gasteiger partial charge in [-0.1, -0.05) is 46.3 Å². The molecule has 3 nitrogen and oxygen atoms in total. The average molecular weight is 333 g/mol. The fourth-order valence-electron chi connectivity index (χ4n) is 1.90. The smallest absolute Gasteiger partial charge is 0.251 e. The lowest BCUT2D eigenvalue weighted by Crippen LogP contribution is -2.18. The molecule has 0 spiro atoms. The third kappa shape index (κ3) is 3.92. The molecule has 2 aromatic carbocycles. The molecule has 0 aliphatic carbocycles. The standard InChI is InChI=1S/C16H17BrN2O/c1-18-16(20)13-8-6-12(7-9-13)10-19-11-14-4-2-3-5-15(14)17/h2-9,19H,10-11H2,1H3,(H,18,20). The lowest BCUT2D eigenvalue weighted by atomic mass is 10.1. The largest absolute Gasteiger partial charge is 0.355 e. The van der Waals surface area contributed by atoms with Crippen molar-refractivity contribution in [1.29, 1.82) is 0 Å². The Hall–Kier alpha value is -1.65. The third-order valence-corrected chi connectivity index (χ3v) is 3.82. The summed E-state index contributed by atoms with van der Waals surface area (Å²) in [6.45, 7) is 1.58. The number of benzene rings is 2. The van der Waals surface area contributed by atoms with Crippen molar-refractivity contribution < 1.29 is 4.79 Å². The van der Waals surface area contributed by atoms with E-state index in [9.17, 15) is 4.79 Å². The molecule has 1 amide bonds. The normalized spacial score (nSPS) is 10.3. The van der Waals surface area contributed by atoms with Gasteiger partial charge in [0.25, 0.3) is 5.91 Å². The summed E-state index contributed by atoms with van der Waals surface area (Å²) in [4.78, 5) is 11.4. The molecule has 0 aliphatic heterocycles. The molecular weight excluding hydrogens is 316 g/mol. The molecule has 0 bridgehead atoms. The number of carbonyl (C=O) groups excluding carboxylic acids is 1. The van der Waals surface area contributed by atoms with Crippen LogP contribution in [0, 0.1) is 0 Å². The zero-order chi connectivity index (χ0) is 14.4. The zero-order valence-corrected chi connectivity index (χ0v) is 12.9. The second-order valence-electron chi connectivity index (χ2n) is 4.47. The predicted molar refractivity (Wildman–Crippen MR) is 84.5 cm³/mol. The Morgan fingerprint density at radius 2 is 1.75 bits per heavy atom. The molecule has 4 heteroatoms. The fraction of sp³-hybridized carbons (Fsp3) is 0.188. The second-order valence-corrected chi connectivity index (χ2v) is 5.33. The maximum atomic E-state index is 11.4. The molecule has 0 radical (unpaired) electrons. The number of hydrogen-bond donors (Lipinski definition) is 2. The fourth-order valence-corrected chi connectivity index (χ4v) is 2.33. The first-order valence-electron chi connectivity index (χ1n) is 6.46. The van der Waals surface area contributed by atoms with E-state index < -0.39 is 0 Å². The lowest BCUT2D eigenvalue weighted by molar-refractivity contribution is 0.0963. The van der Waals surface area contributed by atoms with Crippen molar-refractivity contribution in [1.82, 2.24) is 10.6 Å². The van der Waals surface area contributed by atoms with Crippen LogP contribution in [0.4, 0.5) is 0 Å². The van der Waals surface area contributed by atoms with E-state index in [1.165, 1.54) is 5.56 Å². The zero-order valence-electron chi connectivity index (χ0n) is 11.3. The minimum Gasteiger partial charge on any atom is -0.355 e. The van der Waals surface area contributed by atoms with Crippen LogP contribution in [0.2, 0.25) is 0 Å². The van der Waals surface area contributed by atoms with E-state index in [1.807, 2.05) is 42.5 Å². The maximum Gasteiger partial charge on any atom is 0.251 e. The number of hydrogen-bond acceptors (Lipinski definition) is 2. The molecule has 104 valence electrons. The van der Waals surface area contributed by atoms with E-state index in [4.69, 9.17) is 0 Å². The Morgan fingerprint density at radius 3 is 2.40 bits per heavy atom. The molecule has 0 atom stereocenters. The first-order chi connectivity index (χ1) is 9.70. The highest BCUT2D eigenvalue weighted by Crippen LogP contribution is 2.15. The Labute approximate surface area is 127 Å². The first-order valence-corrected chi connectivity index (χ1v) is 7.25. The van der Waals surface area contributed by atoms with Gasteiger partial charge in [-0.2, -0.15) is 0 Å². The minimum absolute atomic E-state index is 0.0577. The quantitative estimate of drug-likeness (QED) is 0.883. The SMILES string of the molecule is CNC(=O)c1ccc(CNCc2ccccc2Br)cc1. The van der Waals surface area contributed by atoms with Gasteiger partial charge >= 0.3 is 0 Å². The number of rotatable bonds is 5. The van der Waals surface area contributed by atoms with Crippen LogP contribution >= 0.6 is 15.9 Å². The van der Waals surface area contributed by atoms with Gasteiger partial charge in [0.1, 0.15) is 0 Å². The van der Waals surface area contributed by atoms with Crippen LogP contribution in [0.15, 0.2) is 53.0 Å². The van der Waals surface area contributed by atoms with Crippen LogP contribution in [0.5, 0.6) is 0 Å². The van der Waals surface area contributed by atoms with Crippen LogP contribution in [0.1, 0.15) is 21.5 Å². The van der Waals surface area contributed by atoms with Crippen molar-refractivity contribution in [3.05, 3.63) is 69.7 Å². The van der Waals surface area contributed by atoms with Gasteiger partial charge in [0.05, 0.1) is 0 Å². The number of amides is 1. The molecule has 0 heterocycles. The predicted octanol–water partition coefficient (Wildman–Crippen LogP) is 3.10. The molecule has 2 rings (SSSR count). The molecule has 2 N–H and O–H groups in total. The van der Waals surface area contributed by atoms with Gasteiger partial charge in [-0.25, -0.2) is 0 Å². The van der Waals surface area contributed by atoms with E-state index in [0.717, 1.165) is 23.1 Å². The summed E-state index contributed by atoms with van der Waals surface area (Å²) in [5.74, 6) is -0.0577. The summed E-state index contributed by atoms with van der Waals surface area (Å²) in [5.41, 5.74) is 3.07. The maximum absolute atomic E-state index is 11.4. The number of halogens is 1. The summed E-state index contributed by atoms with van der Waals surface area (Å²) in [6, 6.07) is 15.8. The monoisotopic (exact) mass is 332 g/mol. The van der Waals surface area contributed by atoms with Gasteiger partial charge in [-0.15, -0.1) is 0 Å². The molecule has 0 unspecified atom stereocenters. The van der Waals surface area contributed by atoms with Crippen LogP contribution in [0.25, 0.3) is 0 Å². The average Bonchev–Trinajstić information content (AvgIpc) is 2.49. The van der Waals surface area contributed by atoms with Gasteiger partial charge in [-0.3, -0.25) is 4.79 Å². The molecule has 20 heavy (non-hydrogen) atoms. The number of nitrogens with one attached hydrogen (secondary N) is 2. The highest BCUT2D eigenvalue weighted by molar-refractivity contribution is 9.10. The summed E-state index contributed by atoms with van der Waals surface area (Å²) < 4.78 is 1.11. The van der Waals surface area contributed by atoms with Gasteiger partial charge in [-0.05, 0) is 29.3 Å². The van der Waals surface area contributed by atoms with Crippen molar-refractivity contribution in [3.63, 3.8) is 0 Å². The highest BCUT2D eigenvalue weighted by atomic mass is 79.9. The molecule has 0 fully saturated rings. The first kappa shape index (κ1) is 14.8. The lowest BCUT2D eigenvalue weighted by Gasteiger charge is -2.07. The van der Waals surface area contributed by atoms with E-state index in [0.29, 0.717) is 5.56 Å². The minimum atomic E-state index is -0.0577. The Balaban J connectivity index is 1.88. The van der Waals surface area contributed by atoms with E-state index >= 15 is 0 Å². The summed E-state index contributed by atoms with van der Waals surface area (Å²) in [5, 5.41) is 6.00. The van der Waals surface area contributed by atoms with Crippen molar-refractivity contribution in [2.24, 2.45) is 0 Å². The molecule has 0 saturated heterocycles. The topological polar surface area (TPSA) is 41.1 Å². The second kappa shape index (κ2) is 7.22. The van der Waals surface area contributed by atoms with E-state index in [1.54, 1.807) is 7.05 Å². The summed E-state index contributed by atoms with van der Waals surface area (Å²) in [6.07, 6.45) is 0. The Bertz CT molecular complexity index is 581. The molecule has 0 aliphatic rings. The van der Waals surface area contributed by atoms with Gasteiger partial charge in [0, 0.05) is 30.2 Å². The van der Waals surface area contributed by atoms with E-state index in [-0.39, 0.29) is 5.91 Å². The van der Waals surface area contributed by atoms with Crippen LogP contribution in [-0.2, 0) is 13.1 Å². The van der Waals surface area contributed by atoms with Crippen molar-refractivity contribution in [3.8, 4) is 0 Å². The van der Waals surface area contributed by atoms with Crippen LogP contribution in [0.3, 0.4) is 0 Å². The third-order valence-electron chi connectivity index (χ3n) is 3.05. The highest BCUT2D eigenvalue weighted by Gasteiger charge is 2.02. The molecule has 0 saturated carbocycles. The molecule has 0 aromatic heterocycles. The van der Waals surface area contributed by atoms with Gasteiger partial charge in [0.15, 0.2) is 0 Å². The molecular formula is C16H17BrN2O. The Kier molecular flexibility index (Phi) is 5.32. The van der Waals surface area contributed by atoms with Crippen LogP contribution < -0.4 is 10.6 Å². The van der Waals surface area contributed by atoms with Crippen molar-refractivity contribution in [2.75, 3.05) is 7.05 Å².